The van der Waals surface area contributed by atoms with Gasteiger partial charge in [-0.2, -0.15) is 0 Å². The van der Waals surface area contributed by atoms with Gasteiger partial charge in [0.15, 0.2) is 0 Å². The second-order valence-electron chi connectivity index (χ2n) is 10.7. The van der Waals surface area contributed by atoms with Crippen LogP contribution in [0.2, 0.25) is 0 Å². The summed E-state index contributed by atoms with van der Waals surface area (Å²) in [6.45, 7) is 10.6. The van der Waals surface area contributed by atoms with E-state index in [4.69, 9.17) is 4.98 Å². The minimum atomic E-state index is -0.210. The first-order valence-electron chi connectivity index (χ1n) is 13.6. The van der Waals surface area contributed by atoms with Gasteiger partial charge in [0.05, 0.1) is 11.9 Å². The van der Waals surface area contributed by atoms with Crippen LogP contribution in [0.1, 0.15) is 88.5 Å². The molecule has 4 heteroatoms. The fourth-order valence-corrected chi connectivity index (χ4v) is 5.38. The van der Waals surface area contributed by atoms with Crippen molar-refractivity contribution < 1.29 is 4.39 Å². The van der Waals surface area contributed by atoms with Crippen LogP contribution in [-0.2, 0) is 19.6 Å². The van der Waals surface area contributed by atoms with E-state index in [1.54, 1.807) is 12.1 Å². The Morgan fingerprint density at radius 3 is 2.49 bits per heavy atom. The van der Waals surface area contributed by atoms with E-state index in [-0.39, 0.29) is 5.82 Å². The predicted molar refractivity (Wildman–Crippen MR) is 144 cm³/mol. The van der Waals surface area contributed by atoms with Gasteiger partial charge in [0.1, 0.15) is 11.6 Å². The van der Waals surface area contributed by atoms with Crippen LogP contribution in [0.5, 0.6) is 0 Å². The monoisotopic (exact) mass is 475 g/mol. The van der Waals surface area contributed by atoms with Crippen molar-refractivity contribution >= 4 is 0 Å². The number of nitrogens with zero attached hydrogens (tertiary/aromatic N) is 3. The molecule has 3 nitrogen and oxygen atoms in total. The summed E-state index contributed by atoms with van der Waals surface area (Å²) in [4.78, 5) is 7.41. The Balaban J connectivity index is 1.59. The number of halogens is 1. The van der Waals surface area contributed by atoms with Crippen LogP contribution in [0.3, 0.4) is 0 Å². The average molecular weight is 476 g/mol. The quantitative estimate of drug-likeness (QED) is 0.279. The predicted octanol–water partition coefficient (Wildman–Crippen LogP) is 8.20. The molecule has 1 aliphatic carbocycles. The topological polar surface area (TPSA) is 21.1 Å². The average Bonchev–Trinajstić information content (AvgIpc) is 3.25. The third-order valence-electron chi connectivity index (χ3n) is 7.44. The number of rotatable bonds is 11. The fourth-order valence-electron chi connectivity index (χ4n) is 5.38. The van der Waals surface area contributed by atoms with Gasteiger partial charge in [-0.25, -0.2) is 9.37 Å². The number of benzene rings is 2. The normalized spacial score (nSPS) is 14.8. The molecule has 0 N–H and O–H groups in total. The Morgan fingerprint density at radius 2 is 1.80 bits per heavy atom. The largest absolute Gasteiger partial charge is 0.327 e. The molecule has 0 saturated heterocycles. The van der Waals surface area contributed by atoms with Crippen molar-refractivity contribution in [3.05, 3.63) is 77.4 Å². The van der Waals surface area contributed by atoms with Crippen LogP contribution in [0, 0.1) is 11.7 Å². The highest BCUT2D eigenvalue weighted by Gasteiger charge is 2.20. The number of imidazole rings is 1. The van der Waals surface area contributed by atoms with Gasteiger partial charge >= 0.3 is 0 Å². The van der Waals surface area contributed by atoms with Gasteiger partial charge in [0.25, 0.3) is 0 Å². The van der Waals surface area contributed by atoms with E-state index in [1.165, 1.54) is 55.0 Å². The third-order valence-corrected chi connectivity index (χ3v) is 7.44. The summed E-state index contributed by atoms with van der Waals surface area (Å²) in [6.07, 6.45) is 11.0. The zero-order valence-corrected chi connectivity index (χ0v) is 21.8. The van der Waals surface area contributed by atoms with E-state index in [0.717, 1.165) is 56.3 Å². The molecule has 35 heavy (non-hydrogen) atoms. The smallest absolute Gasteiger partial charge is 0.140 e. The second-order valence-corrected chi connectivity index (χ2v) is 10.7. The number of unbranched alkanes of at least 4 members (excludes halogenated alkanes) is 1. The Bertz CT molecular complexity index is 1050. The van der Waals surface area contributed by atoms with Gasteiger partial charge in [-0.05, 0) is 54.4 Å². The second kappa shape index (κ2) is 12.5. The molecule has 1 fully saturated rings. The summed E-state index contributed by atoms with van der Waals surface area (Å²) in [5, 5.41) is 0. The highest BCUT2D eigenvalue weighted by molar-refractivity contribution is 5.56. The lowest BCUT2D eigenvalue weighted by Crippen LogP contribution is -2.31. The number of hydrogen-bond acceptors (Lipinski definition) is 2. The van der Waals surface area contributed by atoms with Gasteiger partial charge in [-0.15, -0.1) is 0 Å². The molecule has 1 saturated carbocycles. The Labute approximate surface area is 211 Å². The molecule has 0 bridgehead atoms. The van der Waals surface area contributed by atoms with E-state index in [0.29, 0.717) is 5.92 Å². The molecule has 1 aliphatic rings. The fraction of sp³-hybridized carbons (Fsp3) is 0.516. The number of aromatic nitrogens is 2. The van der Waals surface area contributed by atoms with Crippen molar-refractivity contribution in [3.63, 3.8) is 0 Å². The van der Waals surface area contributed by atoms with Crippen molar-refractivity contribution in [3.8, 4) is 11.4 Å². The molecule has 0 spiro atoms. The zero-order valence-electron chi connectivity index (χ0n) is 21.8. The van der Waals surface area contributed by atoms with Crippen LogP contribution in [-0.4, -0.2) is 21.0 Å². The van der Waals surface area contributed by atoms with Crippen LogP contribution >= 0.6 is 0 Å². The van der Waals surface area contributed by atoms with Crippen molar-refractivity contribution in [2.45, 2.75) is 91.3 Å². The Hall–Kier alpha value is -2.46. The van der Waals surface area contributed by atoms with Crippen LogP contribution in [0.4, 0.5) is 4.39 Å². The zero-order chi connectivity index (χ0) is 24.6. The minimum Gasteiger partial charge on any atom is -0.327 e. The lowest BCUT2D eigenvalue weighted by atomic mass is 9.89. The lowest BCUT2D eigenvalue weighted by Gasteiger charge is -2.30. The summed E-state index contributed by atoms with van der Waals surface area (Å²) in [7, 11) is 0. The molecule has 4 rings (SSSR count). The molecule has 0 atom stereocenters. The summed E-state index contributed by atoms with van der Waals surface area (Å²) in [6, 6.07) is 16.0. The van der Waals surface area contributed by atoms with E-state index in [1.807, 2.05) is 12.3 Å². The molecule has 0 radical (unpaired) electrons. The van der Waals surface area contributed by atoms with Gasteiger partial charge in [-0.1, -0.05) is 82.9 Å². The summed E-state index contributed by atoms with van der Waals surface area (Å²) in [5.41, 5.74) is 4.85. The van der Waals surface area contributed by atoms with Crippen molar-refractivity contribution in [1.29, 1.82) is 0 Å². The summed E-state index contributed by atoms with van der Waals surface area (Å²) in [5.74, 6) is 2.00. The highest BCUT2D eigenvalue weighted by atomic mass is 19.1. The van der Waals surface area contributed by atoms with Crippen molar-refractivity contribution in [2.75, 3.05) is 6.54 Å². The van der Waals surface area contributed by atoms with Crippen LogP contribution in [0.25, 0.3) is 11.4 Å². The highest BCUT2D eigenvalue weighted by Crippen LogP contribution is 2.27. The van der Waals surface area contributed by atoms with Crippen molar-refractivity contribution in [2.24, 2.45) is 5.92 Å². The Morgan fingerprint density at radius 1 is 1.03 bits per heavy atom. The SMILES string of the molecule is CCCCn1c(CN(Cc2ccc(C(C)C)cc2)CC2CCCCC2)cnc1-c1cccc(F)c1. The van der Waals surface area contributed by atoms with Gasteiger partial charge in [-0.3, -0.25) is 4.90 Å². The molecule has 0 unspecified atom stereocenters. The molecule has 188 valence electrons. The third kappa shape index (κ3) is 7.04. The lowest BCUT2D eigenvalue weighted by molar-refractivity contribution is 0.183. The first-order chi connectivity index (χ1) is 17.0. The molecular formula is C31H42FN3. The molecule has 1 aromatic heterocycles. The van der Waals surface area contributed by atoms with E-state index in [9.17, 15) is 4.39 Å². The van der Waals surface area contributed by atoms with Gasteiger partial charge in [0.2, 0.25) is 0 Å². The molecule has 0 amide bonds. The van der Waals surface area contributed by atoms with E-state index in [2.05, 4.69) is 54.5 Å². The first kappa shape index (κ1) is 25.6. The molecular weight excluding hydrogens is 433 g/mol. The number of hydrogen-bond donors (Lipinski definition) is 0. The van der Waals surface area contributed by atoms with Gasteiger partial charge < -0.3 is 4.57 Å². The molecule has 2 aromatic carbocycles. The molecule has 1 heterocycles. The maximum atomic E-state index is 14.0. The summed E-state index contributed by atoms with van der Waals surface area (Å²) >= 11 is 0. The standard InChI is InChI=1S/C31H42FN3/c1-4-5-18-35-30(20-33-31(35)28-12-9-13-29(32)19-28)23-34(21-25-10-7-6-8-11-25)22-26-14-16-27(17-15-26)24(2)3/h9,12-17,19-20,24-25H,4-8,10-11,18,21-23H2,1-3H3. The van der Waals surface area contributed by atoms with Crippen molar-refractivity contribution in [1.82, 2.24) is 14.5 Å². The maximum absolute atomic E-state index is 14.0. The Kier molecular flexibility index (Phi) is 9.14. The molecule has 0 aliphatic heterocycles. The van der Waals surface area contributed by atoms with Gasteiger partial charge in [0, 0.05) is 31.7 Å². The van der Waals surface area contributed by atoms with E-state index < -0.39 is 0 Å². The van der Waals surface area contributed by atoms with Crippen LogP contribution in [0.15, 0.2) is 54.7 Å². The van der Waals surface area contributed by atoms with Crippen LogP contribution < -0.4 is 0 Å². The minimum absolute atomic E-state index is 0.210. The molecule has 3 aromatic rings. The van der Waals surface area contributed by atoms with E-state index >= 15 is 0 Å². The first-order valence-corrected chi connectivity index (χ1v) is 13.6. The maximum Gasteiger partial charge on any atom is 0.140 e. The summed E-state index contributed by atoms with van der Waals surface area (Å²) < 4.78 is 16.3.